The molecule has 1 rings (SSSR count). The summed E-state index contributed by atoms with van der Waals surface area (Å²) >= 11 is 4.78. The van der Waals surface area contributed by atoms with Crippen LogP contribution in [0.2, 0.25) is 0 Å². The van der Waals surface area contributed by atoms with E-state index in [2.05, 4.69) is 0 Å². The van der Waals surface area contributed by atoms with Gasteiger partial charge in [-0.25, -0.2) is 4.39 Å². The normalized spacial score (nSPS) is 12.8. The van der Waals surface area contributed by atoms with Crippen molar-refractivity contribution in [2.75, 3.05) is 13.6 Å². The van der Waals surface area contributed by atoms with E-state index < -0.39 is 11.9 Å². The van der Waals surface area contributed by atoms with Crippen LogP contribution >= 0.6 is 12.2 Å². The van der Waals surface area contributed by atoms with Gasteiger partial charge in [0.1, 0.15) is 10.8 Å². The maximum atomic E-state index is 13.3. The van der Waals surface area contributed by atoms with Crippen LogP contribution < -0.4 is 5.73 Å². The van der Waals surface area contributed by atoms with Crippen LogP contribution in [0.5, 0.6) is 0 Å². The highest BCUT2D eigenvalue weighted by atomic mass is 32.1. The predicted octanol–water partition coefficient (Wildman–Crippen LogP) is 1.27. The van der Waals surface area contributed by atoms with Crippen molar-refractivity contribution < 1.29 is 9.50 Å². The average Bonchev–Trinajstić information content (AvgIpc) is 2.19. The lowest BCUT2D eigenvalue weighted by molar-refractivity contribution is 0.138. The second kappa shape index (κ2) is 6.05. The lowest BCUT2D eigenvalue weighted by Crippen LogP contribution is -2.27. The van der Waals surface area contributed by atoms with Crippen LogP contribution in [0.25, 0.3) is 0 Å². The van der Waals surface area contributed by atoms with Crippen molar-refractivity contribution in [3.8, 4) is 0 Å². The molecule has 0 spiro atoms. The third-order valence-corrected chi connectivity index (χ3v) is 2.54. The Morgan fingerprint density at radius 1 is 1.59 bits per heavy atom. The van der Waals surface area contributed by atoms with Gasteiger partial charge in [0.15, 0.2) is 0 Å². The highest BCUT2D eigenvalue weighted by molar-refractivity contribution is 7.80. The number of aliphatic hydroxyl groups excluding tert-OH is 1. The molecule has 0 saturated heterocycles. The summed E-state index contributed by atoms with van der Waals surface area (Å²) < 4.78 is 13.3. The summed E-state index contributed by atoms with van der Waals surface area (Å²) in [7, 11) is 1.89. The molecule has 0 fully saturated rings. The summed E-state index contributed by atoms with van der Waals surface area (Å²) in [4.78, 5) is 2.00. The molecule has 0 bridgehead atoms. The molecule has 1 unspecified atom stereocenters. The number of benzene rings is 1. The summed E-state index contributed by atoms with van der Waals surface area (Å²) in [6.45, 7) is 2.89. The third kappa shape index (κ3) is 4.38. The summed E-state index contributed by atoms with van der Waals surface area (Å²) in [6, 6.07) is 4.70. The molecule has 0 aliphatic heterocycles. The maximum Gasteiger partial charge on any atom is 0.133 e. The number of nitrogens with zero attached hydrogens (tertiary/aromatic N) is 1. The second-order valence-corrected chi connectivity index (χ2v) is 4.66. The minimum Gasteiger partial charge on any atom is -0.392 e. The first-order chi connectivity index (χ1) is 7.90. The Kier molecular flexibility index (Phi) is 4.99. The van der Waals surface area contributed by atoms with Gasteiger partial charge >= 0.3 is 0 Å². The Morgan fingerprint density at radius 2 is 2.24 bits per heavy atom. The Labute approximate surface area is 106 Å². The number of aliphatic hydroxyl groups is 1. The first-order valence-electron chi connectivity index (χ1n) is 5.35. The van der Waals surface area contributed by atoms with E-state index in [9.17, 15) is 9.50 Å². The highest BCUT2D eigenvalue weighted by Crippen LogP contribution is 2.12. The molecule has 0 aliphatic carbocycles. The van der Waals surface area contributed by atoms with Crippen LogP contribution in [0.15, 0.2) is 18.2 Å². The molecule has 17 heavy (non-hydrogen) atoms. The molecule has 0 radical (unpaired) electrons. The number of thiocarbonyl (C=S) groups is 1. The van der Waals surface area contributed by atoms with Crippen LogP contribution in [-0.2, 0) is 6.54 Å². The molecule has 0 amide bonds. The van der Waals surface area contributed by atoms with Crippen molar-refractivity contribution in [3.63, 3.8) is 0 Å². The first-order valence-corrected chi connectivity index (χ1v) is 5.76. The molecular weight excluding hydrogens is 239 g/mol. The van der Waals surface area contributed by atoms with Gasteiger partial charge in [-0.2, -0.15) is 0 Å². The van der Waals surface area contributed by atoms with Crippen molar-refractivity contribution in [1.29, 1.82) is 0 Å². The molecule has 1 atom stereocenters. The SMILES string of the molecule is CC(O)CN(C)Cc1ccc(F)c(C(N)=S)c1. The molecule has 1 aromatic carbocycles. The molecule has 3 nitrogen and oxygen atoms in total. The Bertz CT molecular complexity index is 409. The van der Waals surface area contributed by atoms with Gasteiger partial charge in [-0.05, 0) is 31.7 Å². The smallest absolute Gasteiger partial charge is 0.133 e. The van der Waals surface area contributed by atoms with E-state index in [-0.39, 0.29) is 10.6 Å². The number of hydrogen-bond acceptors (Lipinski definition) is 3. The predicted molar refractivity (Wildman–Crippen MR) is 70.3 cm³/mol. The second-order valence-electron chi connectivity index (χ2n) is 4.22. The van der Waals surface area contributed by atoms with Crippen LogP contribution in [-0.4, -0.2) is 34.7 Å². The third-order valence-electron chi connectivity index (χ3n) is 2.32. The minimum absolute atomic E-state index is 0.0579. The van der Waals surface area contributed by atoms with Gasteiger partial charge in [0.25, 0.3) is 0 Å². The summed E-state index contributed by atoms with van der Waals surface area (Å²) in [5.41, 5.74) is 6.61. The van der Waals surface area contributed by atoms with Crippen LogP contribution in [0.4, 0.5) is 4.39 Å². The standard InChI is InChI=1S/C12H17FN2OS/c1-8(16)6-15(2)7-9-3-4-11(13)10(5-9)12(14)17/h3-5,8,16H,6-7H2,1-2H3,(H2,14,17). The van der Waals surface area contributed by atoms with Gasteiger partial charge in [-0.1, -0.05) is 18.3 Å². The average molecular weight is 256 g/mol. The van der Waals surface area contributed by atoms with Gasteiger partial charge in [0, 0.05) is 18.7 Å². The van der Waals surface area contributed by atoms with Gasteiger partial charge in [0.05, 0.1) is 6.10 Å². The molecule has 5 heteroatoms. The van der Waals surface area contributed by atoms with Gasteiger partial charge in [0.2, 0.25) is 0 Å². The minimum atomic E-state index is -0.403. The van der Waals surface area contributed by atoms with Crippen LogP contribution in [0, 0.1) is 5.82 Å². The number of hydrogen-bond donors (Lipinski definition) is 2. The number of rotatable bonds is 5. The molecule has 3 N–H and O–H groups in total. The molecular formula is C12H17FN2OS. The summed E-state index contributed by atoms with van der Waals surface area (Å²) in [5.74, 6) is -0.403. The van der Waals surface area contributed by atoms with E-state index in [1.165, 1.54) is 6.07 Å². The molecule has 0 heterocycles. The van der Waals surface area contributed by atoms with E-state index >= 15 is 0 Å². The number of halogens is 1. The van der Waals surface area contributed by atoms with Gasteiger partial charge < -0.3 is 10.8 Å². The van der Waals surface area contributed by atoms with Gasteiger partial charge in [-0.15, -0.1) is 0 Å². The molecule has 0 saturated carbocycles. The van der Waals surface area contributed by atoms with Gasteiger partial charge in [-0.3, -0.25) is 4.90 Å². The van der Waals surface area contributed by atoms with E-state index in [1.54, 1.807) is 19.1 Å². The zero-order valence-electron chi connectivity index (χ0n) is 9.98. The van der Waals surface area contributed by atoms with Crippen molar-refractivity contribution in [2.45, 2.75) is 19.6 Å². The lowest BCUT2D eigenvalue weighted by atomic mass is 10.1. The number of nitrogens with two attached hydrogens (primary N) is 1. The monoisotopic (exact) mass is 256 g/mol. The Morgan fingerprint density at radius 3 is 2.76 bits per heavy atom. The lowest BCUT2D eigenvalue weighted by Gasteiger charge is -2.18. The Balaban J connectivity index is 2.79. The van der Waals surface area contributed by atoms with E-state index in [0.717, 1.165) is 5.56 Å². The quantitative estimate of drug-likeness (QED) is 0.779. The number of likely N-dealkylation sites (N-methyl/N-ethyl adjacent to an activating group) is 1. The van der Waals surface area contributed by atoms with Crippen LogP contribution in [0.3, 0.4) is 0 Å². The maximum absolute atomic E-state index is 13.3. The van der Waals surface area contributed by atoms with Crippen molar-refractivity contribution in [1.82, 2.24) is 4.90 Å². The fourth-order valence-electron chi connectivity index (χ4n) is 1.69. The zero-order valence-corrected chi connectivity index (χ0v) is 10.8. The first kappa shape index (κ1) is 14.0. The van der Waals surface area contributed by atoms with E-state index in [4.69, 9.17) is 18.0 Å². The van der Waals surface area contributed by atoms with Crippen molar-refractivity contribution >= 4 is 17.2 Å². The van der Waals surface area contributed by atoms with E-state index in [1.807, 2.05) is 11.9 Å². The zero-order chi connectivity index (χ0) is 13.0. The van der Waals surface area contributed by atoms with E-state index in [0.29, 0.717) is 13.1 Å². The highest BCUT2D eigenvalue weighted by Gasteiger charge is 2.08. The Hall–Kier alpha value is -1.04. The van der Waals surface area contributed by atoms with Crippen molar-refractivity contribution in [2.24, 2.45) is 5.73 Å². The fourth-order valence-corrected chi connectivity index (χ4v) is 1.84. The summed E-state index contributed by atoms with van der Waals surface area (Å²) in [5, 5.41) is 9.25. The largest absolute Gasteiger partial charge is 0.392 e. The molecule has 0 aromatic heterocycles. The molecule has 94 valence electrons. The van der Waals surface area contributed by atoms with Crippen molar-refractivity contribution in [3.05, 3.63) is 35.1 Å². The fraction of sp³-hybridized carbons (Fsp3) is 0.417. The summed E-state index contributed by atoms with van der Waals surface area (Å²) in [6.07, 6.45) is -0.393. The van der Waals surface area contributed by atoms with Crippen LogP contribution in [0.1, 0.15) is 18.1 Å². The molecule has 1 aromatic rings. The molecule has 0 aliphatic rings. The topological polar surface area (TPSA) is 49.5 Å².